The lowest BCUT2D eigenvalue weighted by Crippen LogP contribution is -2.40. The molecule has 5 nitrogen and oxygen atoms in total. The predicted octanol–water partition coefficient (Wildman–Crippen LogP) is 3.67. The summed E-state index contributed by atoms with van der Waals surface area (Å²) in [5, 5.41) is 8.74. The van der Waals surface area contributed by atoms with Crippen molar-refractivity contribution in [1.29, 1.82) is 0 Å². The summed E-state index contributed by atoms with van der Waals surface area (Å²) < 4.78 is 0. The van der Waals surface area contributed by atoms with Crippen LogP contribution in [0.3, 0.4) is 0 Å². The van der Waals surface area contributed by atoms with Crippen LogP contribution in [0.4, 0.5) is 10.5 Å². The molecule has 1 saturated carbocycles. The van der Waals surface area contributed by atoms with Gasteiger partial charge in [0, 0.05) is 22.8 Å². The molecule has 5 heteroatoms. The number of amides is 3. The molecule has 0 aliphatic heterocycles. The molecular formula is C18H27N3O2. The quantitative estimate of drug-likeness (QED) is 0.796. The van der Waals surface area contributed by atoms with Gasteiger partial charge in [-0.25, -0.2) is 4.79 Å². The molecule has 0 heterocycles. The van der Waals surface area contributed by atoms with Gasteiger partial charge in [0.15, 0.2) is 0 Å². The van der Waals surface area contributed by atoms with E-state index >= 15 is 0 Å². The van der Waals surface area contributed by atoms with Crippen LogP contribution in [0.25, 0.3) is 0 Å². The molecule has 2 rings (SSSR count). The average molecular weight is 317 g/mol. The molecule has 1 aliphatic rings. The van der Waals surface area contributed by atoms with E-state index in [1.165, 1.54) is 19.3 Å². The molecule has 0 unspecified atom stereocenters. The van der Waals surface area contributed by atoms with Gasteiger partial charge in [0.2, 0.25) is 0 Å². The monoisotopic (exact) mass is 317 g/mol. The smallest absolute Gasteiger partial charge is 0.319 e. The summed E-state index contributed by atoms with van der Waals surface area (Å²) in [4.78, 5) is 24.0. The van der Waals surface area contributed by atoms with Gasteiger partial charge in [-0.05, 0) is 57.9 Å². The van der Waals surface area contributed by atoms with Crippen molar-refractivity contribution in [2.45, 2.75) is 64.5 Å². The minimum absolute atomic E-state index is 0.115. The van der Waals surface area contributed by atoms with Crippen molar-refractivity contribution in [3.05, 3.63) is 29.8 Å². The number of rotatable bonds is 3. The molecule has 3 N–H and O–H groups in total. The number of benzene rings is 1. The molecule has 0 saturated heterocycles. The first-order valence-corrected chi connectivity index (χ1v) is 8.33. The van der Waals surface area contributed by atoms with Crippen LogP contribution in [0.1, 0.15) is 63.2 Å². The number of carbonyl (C=O) groups excluding carboxylic acids is 2. The Bertz CT molecular complexity index is 540. The summed E-state index contributed by atoms with van der Waals surface area (Å²) in [6, 6.07) is 7.04. The lowest BCUT2D eigenvalue weighted by molar-refractivity contribution is 0.0919. The molecule has 1 aromatic rings. The predicted molar refractivity (Wildman–Crippen MR) is 92.7 cm³/mol. The van der Waals surface area contributed by atoms with Gasteiger partial charge in [0.05, 0.1) is 0 Å². The number of anilines is 1. The van der Waals surface area contributed by atoms with Gasteiger partial charge in [-0.1, -0.05) is 19.3 Å². The maximum Gasteiger partial charge on any atom is 0.319 e. The van der Waals surface area contributed by atoms with Crippen LogP contribution in [0.2, 0.25) is 0 Å². The van der Waals surface area contributed by atoms with Crippen LogP contribution in [0.15, 0.2) is 24.3 Å². The Balaban J connectivity index is 1.86. The zero-order chi connectivity index (χ0) is 16.9. The minimum Gasteiger partial charge on any atom is -0.347 e. The van der Waals surface area contributed by atoms with E-state index < -0.39 is 0 Å². The molecule has 1 aromatic carbocycles. The fraction of sp³-hybridized carbons (Fsp3) is 0.556. The van der Waals surface area contributed by atoms with Gasteiger partial charge < -0.3 is 16.0 Å². The zero-order valence-corrected chi connectivity index (χ0v) is 14.2. The van der Waals surface area contributed by atoms with E-state index in [0.717, 1.165) is 12.8 Å². The second-order valence-electron chi connectivity index (χ2n) is 7.21. The third-order valence-electron chi connectivity index (χ3n) is 3.83. The van der Waals surface area contributed by atoms with Crippen LogP contribution in [-0.2, 0) is 0 Å². The second kappa shape index (κ2) is 7.49. The third-order valence-corrected chi connectivity index (χ3v) is 3.83. The highest BCUT2D eigenvalue weighted by atomic mass is 16.2. The molecule has 0 aromatic heterocycles. The largest absolute Gasteiger partial charge is 0.347 e. The number of nitrogens with one attached hydrogen (secondary N) is 3. The Morgan fingerprint density at radius 2 is 1.61 bits per heavy atom. The summed E-state index contributed by atoms with van der Waals surface area (Å²) in [6.07, 6.45) is 5.74. The van der Waals surface area contributed by atoms with Crippen molar-refractivity contribution < 1.29 is 9.59 Å². The van der Waals surface area contributed by atoms with Gasteiger partial charge in [-0.15, -0.1) is 0 Å². The summed E-state index contributed by atoms with van der Waals surface area (Å²) in [5.41, 5.74) is 0.997. The molecule has 126 valence electrons. The fourth-order valence-electron chi connectivity index (χ4n) is 2.72. The molecular weight excluding hydrogens is 290 g/mol. The minimum atomic E-state index is -0.270. The molecule has 0 atom stereocenters. The fourth-order valence-corrected chi connectivity index (χ4v) is 2.72. The first-order chi connectivity index (χ1) is 10.8. The highest BCUT2D eigenvalue weighted by molar-refractivity contribution is 5.95. The second-order valence-corrected chi connectivity index (χ2v) is 7.21. The molecule has 1 aliphatic carbocycles. The Morgan fingerprint density at radius 3 is 2.17 bits per heavy atom. The molecule has 0 bridgehead atoms. The first-order valence-electron chi connectivity index (χ1n) is 8.33. The SMILES string of the molecule is CC(C)(C)NC(=O)c1ccc(NC(=O)NC2CCCCC2)cc1. The highest BCUT2D eigenvalue weighted by Gasteiger charge is 2.17. The van der Waals surface area contributed by atoms with E-state index in [2.05, 4.69) is 16.0 Å². The first kappa shape index (κ1) is 17.3. The number of hydrogen-bond donors (Lipinski definition) is 3. The summed E-state index contributed by atoms with van der Waals surface area (Å²) >= 11 is 0. The lowest BCUT2D eigenvalue weighted by atomic mass is 9.96. The average Bonchev–Trinajstić information content (AvgIpc) is 2.47. The topological polar surface area (TPSA) is 70.2 Å². The standard InChI is InChI=1S/C18H27N3O2/c1-18(2,3)21-16(22)13-9-11-15(12-10-13)20-17(23)19-14-7-5-4-6-8-14/h9-12,14H,4-8H2,1-3H3,(H,21,22)(H2,19,20,23). The van der Waals surface area contributed by atoms with E-state index in [-0.39, 0.29) is 23.5 Å². The van der Waals surface area contributed by atoms with Crippen LogP contribution in [0, 0.1) is 0 Å². The number of hydrogen-bond acceptors (Lipinski definition) is 2. The van der Waals surface area contributed by atoms with E-state index in [1.807, 2.05) is 20.8 Å². The van der Waals surface area contributed by atoms with Crippen LogP contribution < -0.4 is 16.0 Å². The van der Waals surface area contributed by atoms with Gasteiger partial charge in [0.1, 0.15) is 0 Å². The van der Waals surface area contributed by atoms with Gasteiger partial charge >= 0.3 is 6.03 Å². The Kier molecular flexibility index (Phi) is 5.64. The molecule has 1 fully saturated rings. The van der Waals surface area contributed by atoms with Gasteiger partial charge in [-0.3, -0.25) is 4.79 Å². The highest BCUT2D eigenvalue weighted by Crippen LogP contribution is 2.17. The van der Waals surface area contributed by atoms with E-state index in [0.29, 0.717) is 11.3 Å². The van der Waals surface area contributed by atoms with Crippen LogP contribution in [0.5, 0.6) is 0 Å². The molecule has 0 radical (unpaired) electrons. The normalized spacial score (nSPS) is 15.8. The number of urea groups is 1. The molecule has 0 spiro atoms. The summed E-state index contributed by atoms with van der Waals surface area (Å²) in [5.74, 6) is -0.115. The number of carbonyl (C=O) groups is 2. The molecule has 23 heavy (non-hydrogen) atoms. The maximum absolute atomic E-state index is 12.0. The van der Waals surface area contributed by atoms with Crippen molar-refractivity contribution in [1.82, 2.24) is 10.6 Å². The Hall–Kier alpha value is -2.04. The maximum atomic E-state index is 12.0. The van der Waals surface area contributed by atoms with Crippen molar-refractivity contribution >= 4 is 17.6 Å². The molecule has 3 amide bonds. The van der Waals surface area contributed by atoms with Crippen molar-refractivity contribution in [3.63, 3.8) is 0 Å². The summed E-state index contributed by atoms with van der Waals surface area (Å²) in [7, 11) is 0. The van der Waals surface area contributed by atoms with E-state index in [4.69, 9.17) is 0 Å². The Labute approximate surface area is 138 Å². The third kappa shape index (κ3) is 5.93. The van der Waals surface area contributed by atoms with Crippen molar-refractivity contribution in [2.75, 3.05) is 5.32 Å². The van der Waals surface area contributed by atoms with Crippen molar-refractivity contribution in [3.8, 4) is 0 Å². The van der Waals surface area contributed by atoms with Crippen LogP contribution >= 0.6 is 0 Å². The van der Waals surface area contributed by atoms with Crippen molar-refractivity contribution in [2.24, 2.45) is 0 Å². The van der Waals surface area contributed by atoms with E-state index in [9.17, 15) is 9.59 Å². The Morgan fingerprint density at radius 1 is 1.00 bits per heavy atom. The lowest BCUT2D eigenvalue weighted by Gasteiger charge is -2.23. The van der Waals surface area contributed by atoms with Gasteiger partial charge in [0.25, 0.3) is 5.91 Å². The van der Waals surface area contributed by atoms with E-state index in [1.54, 1.807) is 24.3 Å². The van der Waals surface area contributed by atoms with Gasteiger partial charge in [-0.2, -0.15) is 0 Å². The zero-order valence-electron chi connectivity index (χ0n) is 14.2. The summed E-state index contributed by atoms with van der Waals surface area (Å²) in [6.45, 7) is 5.82. The van der Waals surface area contributed by atoms with Crippen LogP contribution in [-0.4, -0.2) is 23.5 Å².